The number of hydrogen-bond donors (Lipinski definition) is 3. The minimum absolute atomic E-state index is 0.284. The zero-order chi connectivity index (χ0) is 9.26. The van der Waals surface area contributed by atoms with Gasteiger partial charge in [-0.1, -0.05) is 0 Å². The maximum Gasteiger partial charge on any atom is 0.248 e. The summed E-state index contributed by atoms with van der Waals surface area (Å²) in [5.41, 5.74) is 6.17. The number of rotatable bonds is 2. The van der Waals surface area contributed by atoms with Gasteiger partial charge >= 0.3 is 0 Å². The van der Waals surface area contributed by atoms with E-state index in [-0.39, 0.29) is 5.95 Å². The highest BCUT2D eigenvalue weighted by molar-refractivity contribution is 5.50. The maximum atomic E-state index is 5.35. The lowest BCUT2D eigenvalue weighted by Crippen LogP contribution is -1.91. The smallest absolute Gasteiger partial charge is 0.248 e. The minimum atomic E-state index is 0.284. The third kappa shape index (κ3) is 1.58. The molecule has 2 rings (SSSR count). The summed E-state index contributed by atoms with van der Waals surface area (Å²) in [6, 6.07) is 0. The van der Waals surface area contributed by atoms with Crippen LogP contribution in [0.2, 0.25) is 0 Å². The molecule has 0 aliphatic carbocycles. The van der Waals surface area contributed by atoms with Crippen LogP contribution in [0.5, 0.6) is 0 Å². The largest absolute Gasteiger partial charge is 0.368 e. The van der Waals surface area contributed by atoms with Gasteiger partial charge in [-0.05, 0) is 0 Å². The number of H-pyrrole nitrogens is 1. The number of nitrogen functional groups attached to an aromatic ring is 1. The molecule has 2 aromatic rings. The summed E-state index contributed by atoms with van der Waals surface area (Å²) in [5.74, 6) is 0.719. The summed E-state index contributed by atoms with van der Waals surface area (Å²) in [7, 11) is 1.83. The van der Waals surface area contributed by atoms with Gasteiger partial charge in [0.1, 0.15) is 0 Å². The first-order valence-corrected chi connectivity index (χ1v) is 3.67. The maximum absolute atomic E-state index is 5.35. The molecule has 0 amide bonds. The van der Waals surface area contributed by atoms with Crippen LogP contribution in [0.1, 0.15) is 0 Å². The van der Waals surface area contributed by atoms with Crippen molar-refractivity contribution in [3.05, 3.63) is 12.4 Å². The summed E-state index contributed by atoms with van der Waals surface area (Å²) in [4.78, 5) is 3.88. The summed E-state index contributed by atoms with van der Waals surface area (Å²) in [6.45, 7) is 0. The van der Waals surface area contributed by atoms with Crippen LogP contribution in [0.15, 0.2) is 12.4 Å². The van der Waals surface area contributed by atoms with Gasteiger partial charge in [0.05, 0.1) is 11.9 Å². The van der Waals surface area contributed by atoms with Gasteiger partial charge in [-0.25, -0.2) is 5.10 Å². The molecule has 0 radical (unpaired) electrons. The van der Waals surface area contributed by atoms with Gasteiger partial charge < -0.3 is 11.1 Å². The first kappa shape index (κ1) is 7.59. The molecule has 2 aromatic heterocycles. The molecule has 0 aromatic carbocycles. The lowest BCUT2D eigenvalue weighted by atomic mass is 10.6. The number of anilines is 3. The Hall–Kier alpha value is -2.05. The van der Waals surface area contributed by atoms with Crippen LogP contribution in [-0.4, -0.2) is 25.0 Å². The average molecular weight is 179 g/mol. The molecule has 7 nitrogen and oxygen atoms in total. The van der Waals surface area contributed by atoms with E-state index in [1.54, 1.807) is 10.9 Å². The third-order valence-electron chi connectivity index (χ3n) is 1.46. The van der Waals surface area contributed by atoms with E-state index in [1.165, 1.54) is 0 Å². The van der Waals surface area contributed by atoms with Crippen LogP contribution < -0.4 is 11.1 Å². The van der Waals surface area contributed by atoms with Crippen molar-refractivity contribution in [1.29, 1.82) is 0 Å². The number of nitrogens with zero attached hydrogens (tertiary/aromatic N) is 4. The molecule has 0 spiro atoms. The van der Waals surface area contributed by atoms with Crippen LogP contribution >= 0.6 is 0 Å². The number of aryl methyl sites for hydroxylation is 1. The SMILES string of the molecule is Cn1cc(Nc2n[nH]c(N)n2)cn1. The Morgan fingerprint density at radius 1 is 1.62 bits per heavy atom. The standard InChI is InChI=1S/C6H9N7/c1-13-3-4(2-8-13)9-6-10-5(7)11-12-6/h2-3H,1H3,(H4,7,9,10,11,12). The van der Waals surface area contributed by atoms with Gasteiger partial charge in [0.2, 0.25) is 11.9 Å². The van der Waals surface area contributed by atoms with Crippen LogP contribution in [0.3, 0.4) is 0 Å². The van der Waals surface area contributed by atoms with Crippen molar-refractivity contribution in [2.75, 3.05) is 11.1 Å². The van der Waals surface area contributed by atoms with E-state index in [0.717, 1.165) is 5.69 Å². The number of hydrogen-bond acceptors (Lipinski definition) is 5. The Bertz CT molecular complexity index is 362. The van der Waals surface area contributed by atoms with E-state index in [1.807, 2.05) is 13.2 Å². The fourth-order valence-corrected chi connectivity index (χ4v) is 0.945. The first-order valence-electron chi connectivity index (χ1n) is 3.67. The molecule has 68 valence electrons. The van der Waals surface area contributed by atoms with E-state index in [0.29, 0.717) is 5.95 Å². The summed E-state index contributed by atoms with van der Waals surface area (Å²) >= 11 is 0. The van der Waals surface area contributed by atoms with Crippen molar-refractivity contribution >= 4 is 17.6 Å². The van der Waals surface area contributed by atoms with Crippen LogP contribution in [0.4, 0.5) is 17.6 Å². The lowest BCUT2D eigenvalue weighted by molar-refractivity contribution is 0.768. The molecule has 7 heteroatoms. The average Bonchev–Trinajstić information content (AvgIpc) is 2.62. The highest BCUT2D eigenvalue weighted by atomic mass is 15.3. The predicted octanol–water partition coefficient (Wildman–Crippen LogP) is -0.136. The molecule has 4 N–H and O–H groups in total. The Morgan fingerprint density at radius 3 is 3.00 bits per heavy atom. The topological polar surface area (TPSA) is 97.4 Å². The monoisotopic (exact) mass is 179 g/mol. The summed E-state index contributed by atoms with van der Waals surface area (Å²) < 4.78 is 1.68. The molecule has 0 unspecified atom stereocenters. The fourth-order valence-electron chi connectivity index (χ4n) is 0.945. The van der Waals surface area contributed by atoms with Crippen molar-refractivity contribution in [2.24, 2.45) is 7.05 Å². The second-order valence-corrected chi connectivity index (χ2v) is 2.57. The zero-order valence-corrected chi connectivity index (χ0v) is 7.02. The van der Waals surface area contributed by atoms with Crippen LogP contribution in [0.25, 0.3) is 0 Å². The predicted molar refractivity (Wildman–Crippen MR) is 47.3 cm³/mol. The fraction of sp³-hybridized carbons (Fsp3) is 0.167. The molecule has 0 aliphatic heterocycles. The Balaban J connectivity index is 2.14. The van der Waals surface area contributed by atoms with Gasteiger partial charge in [-0.15, -0.1) is 5.10 Å². The third-order valence-corrected chi connectivity index (χ3v) is 1.46. The quantitative estimate of drug-likeness (QED) is 0.596. The minimum Gasteiger partial charge on any atom is -0.368 e. The van der Waals surface area contributed by atoms with Crippen molar-refractivity contribution in [2.45, 2.75) is 0 Å². The lowest BCUT2D eigenvalue weighted by Gasteiger charge is -1.93. The molecule has 0 aliphatic rings. The van der Waals surface area contributed by atoms with E-state index in [9.17, 15) is 0 Å². The van der Waals surface area contributed by atoms with Gasteiger partial charge in [0.25, 0.3) is 0 Å². The van der Waals surface area contributed by atoms with Crippen molar-refractivity contribution in [3.63, 3.8) is 0 Å². The number of nitrogens with one attached hydrogen (secondary N) is 2. The molecule has 0 saturated carbocycles. The van der Waals surface area contributed by atoms with Crippen molar-refractivity contribution < 1.29 is 0 Å². The number of aromatic amines is 1. The molecule has 0 saturated heterocycles. The van der Waals surface area contributed by atoms with E-state index in [2.05, 4.69) is 25.6 Å². The summed E-state index contributed by atoms with van der Waals surface area (Å²) in [5, 5.41) is 13.2. The van der Waals surface area contributed by atoms with Crippen molar-refractivity contribution in [3.8, 4) is 0 Å². The van der Waals surface area contributed by atoms with E-state index in [4.69, 9.17) is 5.73 Å². The second kappa shape index (κ2) is 2.77. The highest BCUT2D eigenvalue weighted by Gasteiger charge is 2.00. The highest BCUT2D eigenvalue weighted by Crippen LogP contribution is 2.10. The zero-order valence-electron chi connectivity index (χ0n) is 7.02. The Morgan fingerprint density at radius 2 is 2.46 bits per heavy atom. The second-order valence-electron chi connectivity index (χ2n) is 2.57. The number of nitrogens with two attached hydrogens (primary N) is 1. The first-order chi connectivity index (χ1) is 6.24. The number of aromatic nitrogens is 5. The van der Waals surface area contributed by atoms with Crippen molar-refractivity contribution in [1.82, 2.24) is 25.0 Å². The van der Waals surface area contributed by atoms with Gasteiger partial charge in [-0.2, -0.15) is 10.1 Å². The molecule has 0 bridgehead atoms. The Kier molecular flexibility index (Phi) is 1.62. The molecule has 0 fully saturated rings. The Labute approximate surface area is 74.0 Å². The van der Waals surface area contributed by atoms with E-state index < -0.39 is 0 Å². The van der Waals surface area contributed by atoms with Crippen LogP contribution in [0, 0.1) is 0 Å². The molecule has 2 heterocycles. The molecule has 0 atom stereocenters. The molecular weight excluding hydrogens is 170 g/mol. The normalized spacial score (nSPS) is 10.2. The van der Waals surface area contributed by atoms with Crippen LogP contribution in [-0.2, 0) is 7.05 Å². The molecule has 13 heavy (non-hydrogen) atoms. The summed E-state index contributed by atoms with van der Waals surface area (Å²) in [6.07, 6.45) is 3.49. The van der Waals surface area contributed by atoms with Gasteiger partial charge in [0.15, 0.2) is 0 Å². The van der Waals surface area contributed by atoms with Gasteiger partial charge in [0, 0.05) is 13.2 Å². The van der Waals surface area contributed by atoms with Gasteiger partial charge in [-0.3, -0.25) is 4.68 Å². The van der Waals surface area contributed by atoms with E-state index >= 15 is 0 Å². The molecular formula is C6H9N7.